The van der Waals surface area contributed by atoms with Gasteiger partial charge in [-0.05, 0) is 39.2 Å². The molecule has 1 atom stereocenters. The van der Waals surface area contributed by atoms with Crippen molar-refractivity contribution in [2.75, 3.05) is 39.5 Å². The van der Waals surface area contributed by atoms with Crippen LogP contribution in [0.5, 0.6) is 0 Å². The SMILES string of the molecule is CCOCCOC(C)C(=O)N1CCC(CN)CC1. The Bertz CT molecular complexity index is 240. The zero-order valence-electron chi connectivity index (χ0n) is 11.6. The summed E-state index contributed by atoms with van der Waals surface area (Å²) in [5, 5.41) is 0. The molecule has 1 rings (SSSR count). The van der Waals surface area contributed by atoms with E-state index in [-0.39, 0.29) is 12.0 Å². The Morgan fingerprint density at radius 2 is 2.06 bits per heavy atom. The first-order valence-corrected chi connectivity index (χ1v) is 6.87. The van der Waals surface area contributed by atoms with Gasteiger partial charge in [0.1, 0.15) is 6.10 Å². The van der Waals surface area contributed by atoms with Gasteiger partial charge < -0.3 is 20.1 Å². The molecule has 0 aromatic rings. The zero-order valence-corrected chi connectivity index (χ0v) is 11.6. The molecule has 0 aliphatic carbocycles. The molecule has 1 aliphatic rings. The summed E-state index contributed by atoms with van der Waals surface area (Å²) in [6.45, 7) is 7.78. The fraction of sp³-hybridized carbons (Fsp3) is 0.923. The van der Waals surface area contributed by atoms with Gasteiger partial charge in [0, 0.05) is 19.7 Å². The number of nitrogens with two attached hydrogens (primary N) is 1. The summed E-state index contributed by atoms with van der Waals surface area (Å²) < 4.78 is 10.6. The van der Waals surface area contributed by atoms with Crippen molar-refractivity contribution in [3.05, 3.63) is 0 Å². The van der Waals surface area contributed by atoms with Crippen molar-refractivity contribution in [1.29, 1.82) is 0 Å². The van der Waals surface area contributed by atoms with E-state index >= 15 is 0 Å². The number of amides is 1. The predicted molar refractivity (Wildman–Crippen MR) is 70.3 cm³/mol. The van der Waals surface area contributed by atoms with Gasteiger partial charge in [0.2, 0.25) is 0 Å². The van der Waals surface area contributed by atoms with Crippen molar-refractivity contribution in [2.24, 2.45) is 11.7 Å². The topological polar surface area (TPSA) is 64.8 Å². The van der Waals surface area contributed by atoms with Gasteiger partial charge in [-0.25, -0.2) is 0 Å². The summed E-state index contributed by atoms with van der Waals surface area (Å²) >= 11 is 0. The molecule has 18 heavy (non-hydrogen) atoms. The van der Waals surface area contributed by atoms with Crippen molar-refractivity contribution in [2.45, 2.75) is 32.8 Å². The highest BCUT2D eigenvalue weighted by molar-refractivity contribution is 5.80. The van der Waals surface area contributed by atoms with E-state index in [1.54, 1.807) is 0 Å². The van der Waals surface area contributed by atoms with Crippen molar-refractivity contribution >= 4 is 5.91 Å². The summed E-state index contributed by atoms with van der Waals surface area (Å²) in [5.41, 5.74) is 5.64. The average molecular weight is 258 g/mol. The van der Waals surface area contributed by atoms with E-state index in [0.29, 0.717) is 25.7 Å². The molecule has 1 heterocycles. The van der Waals surface area contributed by atoms with Crippen LogP contribution in [0.4, 0.5) is 0 Å². The molecule has 0 saturated carbocycles. The van der Waals surface area contributed by atoms with Gasteiger partial charge >= 0.3 is 0 Å². The van der Waals surface area contributed by atoms with E-state index in [4.69, 9.17) is 15.2 Å². The second-order valence-corrected chi connectivity index (χ2v) is 4.71. The number of hydrogen-bond acceptors (Lipinski definition) is 4. The number of carbonyl (C=O) groups excluding carboxylic acids is 1. The minimum Gasteiger partial charge on any atom is -0.379 e. The minimum absolute atomic E-state index is 0.0852. The maximum absolute atomic E-state index is 12.1. The second-order valence-electron chi connectivity index (χ2n) is 4.71. The lowest BCUT2D eigenvalue weighted by molar-refractivity contribution is -0.144. The Labute approximate surface area is 110 Å². The lowest BCUT2D eigenvalue weighted by Crippen LogP contribution is -2.45. The van der Waals surface area contributed by atoms with Gasteiger partial charge in [-0.1, -0.05) is 0 Å². The number of likely N-dealkylation sites (tertiary alicyclic amines) is 1. The molecular weight excluding hydrogens is 232 g/mol. The summed E-state index contributed by atoms with van der Waals surface area (Å²) in [6.07, 6.45) is 1.64. The van der Waals surface area contributed by atoms with Crippen LogP contribution in [0, 0.1) is 5.92 Å². The van der Waals surface area contributed by atoms with Crippen LogP contribution in [0.15, 0.2) is 0 Å². The summed E-state index contributed by atoms with van der Waals surface area (Å²) in [5.74, 6) is 0.658. The maximum atomic E-state index is 12.1. The number of ether oxygens (including phenoxy) is 2. The number of hydrogen-bond donors (Lipinski definition) is 1. The molecule has 2 N–H and O–H groups in total. The number of piperidine rings is 1. The zero-order chi connectivity index (χ0) is 13.4. The van der Waals surface area contributed by atoms with Crippen LogP contribution in [0.1, 0.15) is 26.7 Å². The number of rotatable bonds is 7. The van der Waals surface area contributed by atoms with Crippen LogP contribution < -0.4 is 5.73 Å². The first kappa shape index (κ1) is 15.4. The third-order valence-corrected chi connectivity index (χ3v) is 3.41. The maximum Gasteiger partial charge on any atom is 0.251 e. The van der Waals surface area contributed by atoms with Gasteiger partial charge in [-0.2, -0.15) is 0 Å². The van der Waals surface area contributed by atoms with Crippen LogP contribution in [0.2, 0.25) is 0 Å². The van der Waals surface area contributed by atoms with Gasteiger partial charge in [-0.3, -0.25) is 4.79 Å². The van der Waals surface area contributed by atoms with E-state index < -0.39 is 0 Å². The Kier molecular flexibility index (Phi) is 7.23. The van der Waals surface area contributed by atoms with Crippen molar-refractivity contribution in [3.8, 4) is 0 Å². The molecule has 0 bridgehead atoms. The highest BCUT2D eigenvalue weighted by Crippen LogP contribution is 2.16. The Morgan fingerprint density at radius 1 is 1.39 bits per heavy atom. The third kappa shape index (κ3) is 4.92. The molecule has 5 heteroatoms. The molecule has 1 aliphatic heterocycles. The van der Waals surface area contributed by atoms with E-state index in [1.165, 1.54) is 0 Å². The predicted octanol–water partition coefficient (Wildman–Crippen LogP) is 0.625. The summed E-state index contributed by atoms with van der Waals surface area (Å²) in [7, 11) is 0. The molecule has 1 unspecified atom stereocenters. The van der Waals surface area contributed by atoms with E-state index in [9.17, 15) is 4.79 Å². The first-order chi connectivity index (χ1) is 8.69. The summed E-state index contributed by atoms with van der Waals surface area (Å²) in [6, 6.07) is 0. The molecule has 0 aromatic carbocycles. The number of nitrogens with zero attached hydrogens (tertiary/aromatic N) is 1. The molecule has 1 saturated heterocycles. The fourth-order valence-corrected chi connectivity index (χ4v) is 2.15. The normalized spacial score (nSPS) is 18.9. The summed E-state index contributed by atoms with van der Waals surface area (Å²) in [4.78, 5) is 14.0. The average Bonchev–Trinajstić information content (AvgIpc) is 2.42. The Morgan fingerprint density at radius 3 is 2.61 bits per heavy atom. The van der Waals surface area contributed by atoms with E-state index in [0.717, 1.165) is 32.5 Å². The van der Waals surface area contributed by atoms with E-state index in [2.05, 4.69) is 0 Å². The molecule has 0 radical (unpaired) electrons. The van der Waals surface area contributed by atoms with Crippen molar-refractivity contribution in [3.63, 3.8) is 0 Å². The first-order valence-electron chi connectivity index (χ1n) is 6.87. The van der Waals surface area contributed by atoms with Crippen LogP contribution >= 0.6 is 0 Å². The molecule has 1 fully saturated rings. The molecule has 1 amide bonds. The highest BCUT2D eigenvalue weighted by atomic mass is 16.5. The van der Waals surface area contributed by atoms with Gasteiger partial charge in [0.05, 0.1) is 13.2 Å². The Hall–Kier alpha value is -0.650. The van der Waals surface area contributed by atoms with Gasteiger partial charge in [-0.15, -0.1) is 0 Å². The molecule has 5 nitrogen and oxygen atoms in total. The largest absolute Gasteiger partial charge is 0.379 e. The van der Waals surface area contributed by atoms with Crippen LogP contribution in [-0.4, -0.2) is 56.4 Å². The Balaban J connectivity index is 2.22. The second kappa shape index (κ2) is 8.45. The van der Waals surface area contributed by atoms with Crippen molar-refractivity contribution in [1.82, 2.24) is 4.90 Å². The third-order valence-electron chi connectivity index (χ3n) is 3.41. The number of carbonyl (C=O) groups is 1. The smallest absolute Gasteiger partial charge is 0.251 e. The monoisotopic (exact) mass is 258 g/mol. The molecule has 0 spiro atoms. The fourth-order valence-electron chi connectivity index (χ4n) is 2.15. The highest BCUT2D eigenvalue weighted by Gasteiger charge is 2.25. The van der Waals surface area contributed by atoms with Crippen LogP contribution in [-0.2, 0) is 14.3 Å². The van der Waals surface area contributed by atoms with Gasteiger partial charge in [0.25, 0.3) is 5.91 Å². The molecule has 0 aromatic heterocycles. The minimum atomic E-state index is -0.375. The van der Waals surface area contributed by atoms with Crippen LogP contribution in [0.3, 0.4) is 0 Å². The van der Waals surface area contributed by atoms with Gasteiger partial charge in [0.15, 0.2) is 0 Å². The lowest BCUT2D eigenvalue weighted by atomic mass is 9.97. The van der Waals surface area contributed by atoms with Crippen molar-refractivity contribution < 1.29 is 14.3 Å². The molecular formula is C13H26N2O3. The van der Waals surface area contributed by atoms with Crippen LogP contribution in [0.25, 0.3) is 0 Å². The molecule has 106 valence electrons. The quantitative estimate of drug-likeness (QED) is 0.680. The van der Waals surface area contributed by atoms with E-state index in [1.807, 2.05) is 18.7 Å². The standard InChI is InChI=1S/C13H26N2O3/c1-3-17-8-9-18-11(2)13(16)15-6-4-12(10-14)5-7-15/h11-12H,3-10,14H2,1-2H3. The lowest BCUT2D eigenvalue weighted by Gasteiger charge is -2.33.